The Bertz CT molecular complexity index is 752. The lowest BCUT2D eigenvalue weighted by Gasteiger charge is -2.16. The lowest BCUT2D eigenvalue weighted by atomic mass is 10.0. The molecule has 0 saturated carbocycles. The molecule has 0 radical (unpaired) electrons. The Kier molecular flexibility index (Phi) is 3.77. The molecule has 0 atom stereocenters. The molecule has 4 heteroatoms. The van der Waals surface area contributed by atoms with Crippen LogP contribution in [0.4, 0.5) is 0 Å². The fraction of sp³-hybridized carbons (Fsp3) is 0.222. The number of carbonyl (C=O) groups excluding carboxylic acids is 1. The molecule has 0 fully saturated rings. The van der Waals surface area contributed by atoms with Gasteiger partial charge in [-0.05, 0) is 35.7 Å². The Hall–Kier alpha value is -2.46. The molecule has 0 spiro atoms. The molecule has 1 aliphatic rings. The molecule has 0 bridgehead atoms. The van der Waals surface area contributed by atoms with Gasteiger partial charge in [0.05, 0.1) is 5.56 Å². The molecule has 2 aromatic carbocycles. The van der Waals surface area contributed by atoms with Crippen molar-refractivity contribution < 1.29 is 14.7 Å². The Balaban J connectivity index is 1.80. The van der Waals surface area contributed by atoms with Gasteiger partial charge in [0.25, 0.3) is 0 Å². The monoisotopic (exact) mass is 295 g/mol. The Morgan fingerprint density at radius 1 is 1.09 bits per heavy atom. The summed E-state index contributed by atoms with van der Waals surface area (Å²) in [5.74, 6) is -0.830. The van der Waals surface area contributed by atoms with Gasteiger partial charge in [-0.3, -0.25) is 9.69 Å². The van der Waals surface area contributed by atoms with E-state index in [2.05, 4.69) is 4.90 Å². The fourth-order valence-electron chi connectivity index (χ4n) is 2.90. The van der Waals surface area contributed by atoms with E-state index in [4.69, 9.17) is 0 Å². The predicted octanol–water partition coefficient (Wildman–Crippen LogP) is 3.10. The van der Waals surface area contributed by atoms with E-state index in [0.29, 0.717) is 12.1 Å². The summed E-state index contributed by atoms with van der Waals surface area (Å²) in [6.45, 7) is 3.68. The SMILES string of the molecule is CC(=O)c1ccc2c(c1)CN(Cc1ccccc1C(=O)O)C2. The molecule has 2 aromatic rings. The minimum atomic E-state index is -0.897. The lowest BCUT2D eigenvalue weighted by Crippen LogP contribution is -2.17. The molecule has 0 aliphatic carbocycles. The van der Waals surface area contributed by atoms with Crippen molar-refractivity contribution in [1.29, 1.82) is 0 Å². The van der Waals surface area contributed by atoms with Crippen LogP contribution in [0.3, 0.4) is 0 Å². The highest BCUT2D eigenvalue weighted by Gasteiger charge is 2.21. The molecule has 112 valence electrons. The molecule has 1 N–H and O–H groups in total. The van der Waals surface area contributed by atoms with Crippen molar-refractivity contribution in [3.63, 3.8) is 0 Å². The van der Waals surface area contributed by atoms with Gasteiger partial charge in [0.15, 0.2) is 5.78 Å². The van der Waals surface area contributed by atoms with Gasteiger partial charge in [-0.1, -0.05) is 30.3 Å². The molecular weight excluding hydrogens is 278 g/mol. The summed E-state index contributed by atoms with van der Waals surface area (Å²) in [5, 5.41) is 9.25. The number of benzene rings is 2. The fourth-order valence-corrected chi connectivity index (χ4v) is 2.90. The normalized spacial score (nSPS) is 13.9. The molecule has 4 nitrogen and oxygen atoms in total. The van der Waals surface area contributed by atoms with E-state index >= 15 is 0 Å². The zero-order valence-corrected chi connectivity index (χ0v) is 12.4. The predicted molar refractivity (Wildman–Crippen MR) is 82.8 cm³/mol. The summed E-state index contributed by atoms with van der Waals surface area (Å²) in [5.41, 5.74) is 4.25. The second kappa shape index (κ2) is 5.73. The number of carboxylic acids is 1. The van der Waals surface area contributed by atoms with E-state index < -0.39 is 5.97 Å². The van der Waals surface area contributed by atoms with Gasteiger partial charge in [-0.25, -0.2) is 4.79 Å². The first-order chi connectivity index (χ1) is 10.5. The minimum absolute atomic E-state index is 0.0671. The van der Waals surface area contributed by atoms with Crippen molar-refractivity contribution in [3.05, 3.63) is 70.3 Å². The number of carbonyl (C=O) groups is 2. The second-order valence-corrected chi connectivity index (χ2v) is 5.65. The van der Waals surface area contributed by atoms with Gasteiger partial charge in [0, 0.05) is 25.2 Å². The van der Waals surface area contributed by atoms with Crippen LogP contribution in [-0.4, -0.2) is 21.8 Å². The molecule has 0 amide bonds. The van der Waals surface area contributed by atoms with Crippen LogP contribution in [0.5, 0.6) is 0 Å². The van der Waals surface area contributed by atoms with E-state index in [1.54, 1.807) is 19.1 Å². The van der Waals surface area contributed by atoms with Gasteiger partial charge in [-0.15, -0.1) is 0 Å². The van der Waals surface area contributed by atoms with Crippen molar-refractivity contribution in [2.45, 2.75) is 26.6 Å². The first kappa shape index (κ1) is 14.5. The number of hydrogen-bond acceptors (Lipinski definition) is 3. The van der Waals surface area contributed by atoms with Crippen molar-refractivity contribution in [2.75, 3.05) is 0 Å². The number of rotatable bonds is 4. The number of hydrogen-bond donors (Lipinski definition) is 1. The highest BCUT2D eigenvalue weighted by molar-refractivity contribution is 5.94. The van der Waals surface area contributed by atoms with E-state index in [-0.39, 0.29) is 5.78 Å². The van der Waals surface area contributed by atoms with Gasteiger partial charge in [0.1, 0.15) is 0 Å². The van der Waals surface area contributed by atoms with Crippen LogP contribution < -0.4 is 0 Å². The standard InChI is InChI=1S/C18H17NO3/c1-12(20)13-6-7-14-9-19(11-16(14)8-13)10-15-4-2-3-5-17(15)18(21)22/h2-8H,9-11H2,1H3,(H,21,22). The second-order valence-electron chi connectivity index (χ2n) is 5.65. The van der Waals surface area contributed by atoms with E-state index in [0.717, 1.165) is 29.8 Å². The maximum atomic E-state index is 11.5. The first-order valence-corrected chi connectivity index (χ1v) is 7.21. The van der Waals surface area contributed by atoms with Crippen molar-refractivity contribution >= 4 is 11.8 Å². The van der Waals surface area contributed by atoms with Crippen LogP contribution in [0.2, 0.25) is 0 Å². The maximum absolute atomic E-state index is 11.5. The van der Waals surface area contributed by atoms with Gasteiger partial charge < -0.3 is 5.11 Å². The van der Waals surface area contributed by atoms with Crippen LogP contribution in [-0.2, 0) is 19.6 Å². The lowest BCUT2D eigenvalue weighted by molar-refractivity contribution is 0.0694. The third kappa shape index (κ3) is 2.78. The summed E-state index contributed by atoms with van der Waals surface area (Å²) in [6.07, 6.45) is 0. The van der Waals surface area contributed by atoms with Crippen LogP contribution >= 0.6 is 0 Å². The minimum Gasteiger partial charge on any atom is -0.478 e. The smallest absolute Gasteiger partial charge is 0.336 e. The molecule has 0 aromatic heterocycles. The number of Topliss-reactive ketones (excluding diaryl/α,β-unsaturated/α-hetero) is 1. The first-order valence-electron chi connectivity index (χ1n) is 7.21. The zero-order chi connectivity index (χ0) is 15.7. The quantitative estimate of drug-likeness (QED) is 0.881. The average Bonchev–Trinajstić information content (AvgIpc) is 2.88. The van der Waals surface area contributed by atoms with Crippen molar-refractivity contribution in [2.24, 2.45) is 0 Å². The summed E-state index contributed by atoms with van der Waals surface area (Å²) in [4.78, 5) is 24.9. The molecule has 1 heterocycles. The van der Waals surface area contributed by atoms with Gasteiger partial charge >= 0.3 is 5.97 Å². The topological polar surface area (TPSA) is 57.6 Å². The largest absolute Gasteiger partial charge is 0.478 e. The van der Waals surface area contributed by atoms with E-state index in [1.165, 1.54) is 5.56 Å². The summed E-state index contributed by atoms with van der Waals surface area (Å²) in [7, 11) is 0. The molecule has 0 saturated heterocycles. The van der Waals surface area contributed by atoms with Gasteiger partial charge in [-0.2, -0.15) is 0 Å². The van der Waals surface area contributed by atoms with E-state index in [9.17, 15) is 14.7 Å². The molecule has 3 rings (SSSR count). The Morgan fingerprint density at radius 3 is 2.55 bits per heavy atom. The molecule has 22 heavy (non-hydrogen) atoms. The summed E-state index contributed by atoms with van der Waals surface area (Å²) >= 11 is 0. The third-order valence-electron chi connectivity index (χ3n) is 4.04. The Labute approximate surface area is 129 Å². The number of nitrogens with zero attached hydrogens (tertiary/aromatic N) is 1. The molecule has 0 unspecified atom stereocenters. The van der Waals surface area contributed by atoms with Crippen LogP contribution in [0.15, 0.2) is 42.5 Å². The molecular formula is C18H17NO3. The number of fused-ring (bicyclic) bond motifs is 1. The van der Waals surface area contributed by atoms with Crippen LogP contribution in [0, 0.1) is 0 Å². The Morgan fingerprint density at radius 2 is 1.82 bits per heavy atom. The van der Waals surface area contributed by atoms with Crippen LogP contribution in [0.25, 0.3) is 0 Å². The zero-order valence-electron chi connectivity index (χ0n) is 12.4. The average molecular weight is 295 g/mol. The number of aromatic carboxylic acids is 1. The summed E-state index contributed by atoms with van der Waals surface area (Å²) < 4.78 is 0. The molecule has 1 aliphatic heterocycles. The number of ketones is 1. The third-order valence-corrected chi connectivity index (χ3v) is 4.04. The maximum Gasteiger partial charge on any atom is 0.336 e. The van der Waals surface area contributed by atoms with Crippen molar-refractivity contribution in [3.8, 4) is 0 Å². The van der Waals surface area contributed by atoms with Crippen LogP contribution in [0.1, 0.15) is 44.3 Å². The highest BCUT2D eigenvalue weighted by Crippen LogP contribution is 2.26. The highest BCUT2D eigenvalue weighted by atomic mass is 16.4. The van der Waals surface area contributed by atoms with E-state index in [1.807, 2.05) is 30.3 Å². The summed E-state index contributed by atoms with van der Waals surface area (Å²) in [6, 6.07) is 12.9. The van der Waals surface area contributed by atoms with Crippen molar-refractivity contribution in [1.82, 2.24) is 4.90 Å². The number of carboxylic acid groups (broad SMARTS) is 1. The van der Waals surface area contributed by atoms with Gasteiger partial charge in [0.2, 0.25) is 0 Å².